The fourth-order valence-electron chi connectivity index (χ4n) is 4.25. The van der Waals surface area contributed by atoms with Crippen LogP contribution in [-0.4, -0.2) is 20.5 Å². The summed E-state index contributed by atoms with van der Waals surface area (Å²) in [5, 5.41) is 7.66. The second kappa shape index (κ2) is 6.48. The van der Waals surface area contributed by atoms with E-state index in [-0.39, 0.29) is 17.7 Å². The monoisotopic (exact) mass is 374 g/mol. The highest BCUT2D eigenvalue weighted by atomic mass is 16.3. The number of nitrogens with zero attached hydrogens (tertiary/aromatic N) is 3. The van der Waals surface area contributed by atoms with Gasteiger partial charge in [-0.25, -0.2) is 4.68 Å². The van der Waals surface area contributed by atoms with Crippen molar-refractivity contribution in [3.8, 4) is 0 Å². The Morgan fingerprint density at radius 1 is 1.18 bits per heavy atom. The summed E-state index contributed by atoms with van der Waals surface area (Å²) in [5.74, 6) is 2.13. The van der Waals surface area contributed by atoms with Crippen molar-refractivity contribution in [3.63, 3.8) is 0 Å². The lowest BCUT2D eigenvalue weighted by atomic mass is 9.78. The summed E-state index contributed by atoms with van der Waals surface area (Å²) in [5.41, 5.74) is 4.18. The van der Waals surface area contributed by atoms with Crippen LogP contribution in [-0.2, 0) is 4.79 Å². The number of carbonyl (C=O) groups is 1. The average molecular weight is 374 g/mol. The number of anilines is 1. The molecule has 2 aliphatic rings. The normalized spacial score (nSPS) is 21.5. The number of carbonyl (C=O) groups excluding carboxylic acids is 1. The van der Waals surface area contributed by atoms with Crippen LogP contribution in [0.1, 0.15) is 61.5 Å². The number of hydrogen-bond donors (Lipinski definition) is 1. The number of rotatable bonds is 3. The van der Waals surface area contributed by atoms with Crippen LogP contribution in [0.5, 0.6) is 0 Å². The molecule has 6 nitrogen and oxygen atoms in total. The Morgan fingerprint density at radius 2 is 2.00 bits per heavy atom. The fourth-order valence-corrected chi connectivity index (χ4v) is 4.25. The van der Waals surface area contributed by atoms with Crippen LogP contribution in [0.25, 0.3) is 0 Å². The van der Waals surface area contributed by atoms with Gasteiger partial charge in [0, 0.05) is 17.7 Å². The molecule has 0 fully saturated rings. The lowest BCUT2D eigenvalue weighted by molar-refractivity contribution is -0.116. The molecule has 6 heteroatoms. The fraction of sp³-hybridized carbons (Fsp3) is 0.318. The van der Waals surface area contributed by atoms with Gasteiger partial charge in [0.25, 0.3) is 0 Å². The van der Waals surface area contributed by atoms with Crippen LogP contribution in [0.4, 0.5) is 5.95 Å². The summed E-state index contributed by atoms with van der Waals surface area (Å²) in [4.78, 5) is 17.5. The van der Waals surface area contributed by atoms with Crippen molar-refractivity contribution < 1.29 is 9.21 Å². The van der Waals surface area contributed by atoms with Crippen molar-refractivity contribution >= 4 is 11.7 Å². The molecule has 2 aromatic heterocycles. The molecule has 0 bridgehead atoms. The maximum absolute atomic E-state index is 13.2. The summed E-state index contributed by atoms with van der Waals surface area (Å²) in [6, 6.07) is 12.0. The smallest absolute Gasteiger partial charge is 0.226 e. The van der Waals surface area contributed by atoms with Gasteiger partial charge in [0.1, 0.15) is 18.1 Å². The van der Waals surface area contributed by atoms with E-state index in [0.717, 1.165) is 17.7 Å². The first-order chi connectivity index (χ1) is 13.6. The van der Waals surface area contributed by atoms with Gasteiger partial charge >= 0.3 is 0 Å². The van der Waals surface area contributed by atoms with E-state index in [4.69, 9.17) is 4.42 Å². The molecule has 0 saturated heterocycles. The molecule has 2 unspecified atom stereocenters. The van der Waals surface area contributed by atoms with Gasteiger partial charge in [-0.3, -0.25) is 4.79 Å². The molecule has 1 N–H and O–H groups in total. The maximum atomic E-state index is 13.2. The minimum absolute atomic E-state index is 0.134. The van der Waals surface area contributed by atoms with E-state index in [1.807, 2.05) is 12.1 Å². The number of Topliss-reactive ketones (excluding diaryl/α,β-unsaturated/α-hetero) is 1. The van der Waals surface area contributed by atoms with Gasteiger partial charge in [0.2, 0.25) is 5.95 Å². The molecule has 1 aromatic carbocycles. The zero-order valence-corrected chi connectivity index (χ0v) is 15.9. The second-order valence-electron chi connectivity index (χ2n) is 7.81. The van der Waals surface area contributed by atoms with Crippen LogP contribution < -0.4 is 5.32 Å². The molecule has 3 aromatic rings. The molecule has 0 saturated carbocycles. The summed E-state index contributed by atoms with van der Waals surface area (Å²) >= 11 is 0. The molecular weight excluding hydrogens is 352 g/mol. The van der Waals surface area contributed by atoms with Crippen molar-refractivity contribution in [3.05, 3.63) is 77.1 Å². The first-order valence-corrected chi connectivity index (χ1v) is 9.68. The van der Waals surface area contributed by atoms with Crippen molar-refractivity contribution in [2.45, 2.75) is 44.6 Å². The number of ketones is 1. The third-order valence-electron chi connectivity index (χ3n) is 5.75. The number of furan rings is 1. The average Bonchev–Trinajstić information content (AvgIpc) is 3.38. The number of benzene rings is 1. The molecule has 3 heterocycles. The highest BCUT2D eigenvalue weighted by Crippen LogP contribution is 2.43. The van der Waals surface area contributed by atoms with Crippen molar-refractivity contribution in [2.24, 2.45) is 0 Å². The minimum Gasteiger partial charge on any atom is -0.467 e. The van der Waals surface area contributed by atoms with Gasteiger partial charge in [-0.05, 0) is 41.5 Å². The van der Waals surface area contributed by atoms with Crippen LogP contribution in [0, 0.1) is 0 Å². The Bertz CT molecular complexity index is 1040. The molecule has 1 aliphatic carbocycles. The molecule has 2 atom stereocenters. The van der Waals surface area contributed by atoms with E-state index in [9.17, 15) is 4.79 Å². The highest BCUT2D eigenvalue weighted by molar-refractivity contribution is 6.00. The Balaban J connectivity index is 1.52. The van der Waals surface area contributed by atoms with Crippen molar-refractivity contribution in [1.82, 2.24) is 14.8 Å². The topological polar surface area (TPSA) is 73.0 Å². The maximum Gasteiger partial charge on any atom is 0.226 e. The molecule has 0 spiro atoms. The van der Waals surface area contributed by atoms with Crippen LogP contribution in [0.3, 0.4) is 0 Å². The summed E-state index contributed by atoms with van der Waals surface area (Å²) < 4.78 is 7.37. The summed E-state index contributed by atoms with van der Waals surface area (Å²) in [6.07, 6.45) is 4.39. The molecule has 28 heavy (non-hydrogen) atoms. The Labute approximate surface area is 163 Å². The van der Waals surface area contributed by atoms with Gasteiger partial charge in [-0.15, -0.1) is 0 Å². The number of allylic oxidation sites excluding steroid dienone is 2. The van der Waals surface area contributed by atoms with Crippen LogP contribution in [0.2, 0.25) is 0 Å². The molecular formula is C22H22N4O2. The van der Waals surface area contributed by atoms with E-state index in [2.05, 4.69) is 53.5 Å². The zero-order valence-electron chi connectivity index (χ0n) is 15.9. The second-order valence-corrected chi connectivity index (χ2v) is 7.81. The molecule has 0 amide bonds. The van der Waals surface area contributed by atoms with E-state index in [1.165, 1.54) is 17.5 Å². The standard InChI is InChI=1S/C22H22N4O2/c1-13(2)14-5-7-15(8-6-14)16-10-17-20(18(27)11-16)21(19-4-3-9-28-19)26-22(25-17)23-12-24-26/h3-9,12-13,16,21H,10-11H2,1-2H3,(H,23,24,25). The number of nitrogens with one attached hydrogen (secondary N) is 1. The Hall–Kier alpha value is -3.15. The molecule has 5 rings (SSSR count). The number of aromatic nitrogens is 3. The number of hydrogen-bond acceptors (Lipinski definition) is 5. The molecule has 1 aliphatic heterocycles. The summed E-state index contributed by atoms with van der Waals surface area (Å²) in [7, 11) is 0. The van der Waals surface area contributed by atoms with Gasteiger partial charge < -0.3 is 9.73 Å². The lowest BCUT2D eigenvalue weighted by Crippen LogP contribution is -2.33. The van der Waals surface area contributed by atoms with Gasteiger partial charge in [-0.1, -0.05) is 38.1 Å². The molecule has 142 valence electrons. The van der Waals surface area contributed by atoms with Gasteiger partial charge in [-0.2, -0.15) is 10.1 Å². The SMILES string of the molecule is CC(C)c1ccc(C2CC(=O)C3=C(C2)Nc2ncnn2C3c2ccco2)cc1. The summed E-state index contributed by atoms with van der Waals surface area (Å²) in [6.45, 7) is 4.38. The first kappa shape index (κ1) is 17.0. The Kier molecular flexibility index (Phi) is 3.93. The Morgan fingerprint density at radius 3 is 2.71 bits per heavy atom. The van der Waals surface area contributed by atoms with E-state index in [1.54, 1.807) is 10.9 Å². The predicted molar refractivity (Wildman–Crippen MR) is 105 cm³/mol. The van der Waals surface area contributed by atoms with Gasteiger partial charge in [0.05, 0.1) is 6.26 Å². The van der Waals surface area contributed by atoms with E-state index < -0.39 is 0 Å². The van der Waals surface area contributed by atoms with Crippen LogP contribution in [0.15, 0.2) is 64.7 Å². The lowest BCUT2D eigenvalue weighted by Gasteiger charge is -2.34. The third kappa shape index (κ3) is 2.68. The third-order valence-corrected chi connectivity index (χ3v) is 5.75. The molecule has 0 radical (unpaired) electrons. The first-order valence-electron chi connectivity index (χ1n) is 9.68. The predicted octanol–water partition coefficient (Wildman–Crippen LogP) is 4.41. The highest BCUT2D eigenvalue weighted by Gasteiger charge is 2.40. The minimum atomic E-state index is -0.361. The van der Waals surface area contributed by atoms with Crippen molar-refractivity contribution in [1.29, 1.82) is 0 Å². The van der Waals surface area contributed by atoms with E-state index >= 15 is 0 Å². The number of fused-ring (bicyclic) bond motifs is 1. The van der Waals surface area contributed by atoms with Crippen LogP contribution >= 0.6 is 0 Å². The quantitative estimate of drug-likeness (QED) is 0.735. The zero-order chi connectivity index (χ0) is 19.3. The van der Waals surface area contributed by atoms with Crippen molar-refractivity contribution in [2.75, 3.05) is 5.32 Å². The van der Waals surface area contributed by atoms with Gasteiger partial charge in [0.15, 0.2) is 5.78 Å². The van der Waals surface area contributed by atoms with E-state index in [0.29, 0.717) is 24.0 Å². The largest absolute Gasteiger partial charge is 0.467 e.